The van der Waals surface area contributed by atoms with E-state index in [0.717, 1.165) is 29.6 Å². The molecule has 1 heterocycles. The summed E-state index contributed by atoms with van der Waals surface area (Å²) in [4.78, 5) is 24.8. The molecule has 0 fully saturated rings. The van der Waals surface area contributed by atoms with Crippen molar-refractivity contribution in [2.24, 2.45) is 11.8 Å². The highest BCUT2D eigenvalue weighted by molar-refractivity contribution is 7.15. The monoisotopic (exact) mass is 396 g/mol. The van der Waals surface area contributed by atoms with Gasteiger partial charge in [-0.25, -0.2) is 8.78 Å². The van der Waals surface area contributed by atoms with Crippen LogP contribution in [-0.2, 0) is 11.2 Å². The van der Waals surface area contributed by atoms with E-state index in [1.807, 2.05) is 13.8 Å². The Bertz CT molecular complexity index is 803. The van der Waals surface area contributed by atoms with Gasteiger partial charge in [0.15, 0.2) is 0 Å². The lowest BCUT2D eigenvalue weighted by Crippen LogP contribution is -2.47. The minimum absolute atomic E-state index is 0.313. The highest BCUT2D eigenvalue weighted by atomic mass is 32.1. The molecule has 6 nitrogen and oxygen atoms in total. The zero-order valence-electron chi connectivity index (χ0n) is 15.5. The molecule has 9 heteroatoms. The molecule has 1 unspecified atom stereocenters. The van der Waals surface area contributed by atoms with Gasteiger partial charge in [0.1, 0.15) is 28.2 Å². The molecule has 0 aliphatic carbocycles. The summed E-state index contributed by atoms with van der Waals surface area (Å²) in [6.07, 6.45) is 0.741. The third-order valence-corrected chi connectivity index (χ3v) is 4.57. The minimum Gasteiger partial charge on any atom is -0.340 e. The molecule has 2 rings (SSSR count). The lowest BCUT2D eigenvalue weighted by Gasteiger charge is -2.21. The summed E-state index contributed by atoms with van der Waals surface area (Å²) in [5.74, 6) is -3.40. The predicted octanol–water partition coefficient (Wildman–Crippen LogP) is 3.41. The largest absolute Gasteiger partial charge is 0.340 e. The molecule has 1 aromatic carbocycles. The van der Waals surface area contributed by atoms with Crippen LogP contribution in [0.25, 0.3) is 0 Å². The molecule has 2 aromatic rings. The Hall–Kier alpha value is -2.42. The number of hydrogen-bond acceptors (Lipinski definition) is 5. The van der Waals surface area contributed by atoms with Crippen molar-refractivity contribution < 1.29 is 18.4 Å². The van der Waals surface area contributed by atoms with Gasteiger partial charge in [0, 0.05) is 6.42 Å². The smallest absolute Gasteiger partial charge is 0.257 e. The first-order valence-electron chi connectivity index (χ1n) is 8.57. The molecule has 2 N–H and O–H groups in total. The van der Waals surface area contributed by atoms with Crippen LogP contribution in [0.4, 0.5) is 13.9 Å². The number of rotatable bonds is 7. The summed E-state index contributed by atoms with van der Waals surface area (Å²) in [5.41, 5.74) is -0.717. The second-order valence-corrected chi connectivity index (χ2v) is 7.94. The highest BCUT2D eigenvalue weighted by Crippen LogP contribution is 2.19. The van der Waals surface area contributed by atoms with Gasteiger partial charge in [0.25, 0.3) is 5.91 Å². The van der Waals surface area contributed by atoms with Crippen molar-refractivity contribution in [3.05, 3.63) is 40.4 Å². The molecule has 0 aliphatic rings. The lowest BCUT2D eigenvalue weighted by molar-refractivity contribution is -0.118. The number of hydrogen-bond donors (Lipinski definition) is 2. The summed E-state index contributed by atoms with van der Waals surface area (Å²) < 4.78 is 27.6. The molecular formula is C18H22F2N4O2S. The fraction of sp³-hybridized carbons (Fsp3) is 0.444. The van der Waals surface area contributed by atoms with Gasteiger partial charge in [0.2, 0.25) is 11.0 Å². The first kappa shape index (κ1) is 20.9. The number of amides is 2. The molecule has 0 aliphatic heterocycles. The number of nitrogens with zero attached hydrogens (tertiary/aromatic N) is 2. The second-order valence-electron chi connectivity index (χ2n) is 6.88. The van der Waals surface area contributed by atoms with E-state index in [1.165, 1.54) is 11.3 Å². The molecule has 1 atom stereocenters. The fourth-order valence-electron chi connectivity index (χ4n) is 2.38. The zero-order chi connectivity index (χ0) is 20.1. The maximum atomic E-state index is 13.8. The average molecular weight is 396 g/mol. The van der Waals surface area contributed by atoms with Crippen LogP contribution in [0.5, 0.6) is 0 Å². The first-order valence-corrected chi connectivity index (χ1v) is 9.38. The molecule has 2 amide bonds. The van der Waals surface area contributed by atoms with Gasteiger partial charge in [-0.15, -0.1) is 10.2 Å². The van der Waals surface area contributed by atoms with Crippen molar-refractivity contribution in [3.8, 4) is 0 Å². The Kier molecular flexibility index (Phi) is 6.95. The highest BCUT2D eigenvalue weighted by Gasteiger charge is 2.28. The van der Waals surface area contributed by atoms with Crippen LogP contribution in [-0.4, -0.2) is 28.1 Å². The Balaban J connectivity index is 2.11. The van der Waals surface area contributed by atoms with E-state index in [-0.39, 0.29) is 5.92 Å². The zero-order valence-corrected chi connectivity index (χ0v) is 16.4. The topological polar surface area (TPSA) is 84.0 Å². The van der Waals surface area contributed by atoms with Crippen LogP contribution in [0, 0.1) is 23.5 Å². The Labute approximate surface area is 160 Å². The van der Waals surface area contributed by atoms with Crippen molar-refractivity contribution >= 4 is 28.3 Å². The molecule has 0 radical (unpaired) electrons. The van der Waals surface area contributed by atoms with Crippen molar-refractivity contribution in [1.29, 1.82) is 0 Å². The number of halogens is 2. The molecule has 1 aromatic heterocycles. The molecule has 0 saturated carbocycles. The van der Waals surface area contributed by atoms with Crippen molar-refractivity contribution in [2.75, 3.05) is 5.32 Å². The second kappa shape index (κ2) is 8.98. The van der Waals surface area contributed by atoms with E-state index in [4.69, 9.17) is 0 Å². The molecule has 27 heavy (non-hydrogen) atoms. The SMILES string of the molecule is CC(C)Cc1nnc(NC(=O)C(NC(=O)c2c(F)cccc2F)C(C)C)s1. The quantitative estimate of drug-likeness (QED) is 0.751. The van der Waals surface area contributed by atoms with Crippen molar-refractivity contribution in [2.45, 2.75) is 40.2 Å². The van der Waals surface area contributed by atoms with Crippen LogP contribution < -0.4 is 10.6 Å². The van der Waals surface area contributed by atoms with E-state index in [2.05, 4.69) is 20.8 Å². The number of nitrogens with one attached hydrogen (secondary N) is 2. The van der Waals surface area contributed by atoms with E-state index in [9.17, 15) is 18.4 Å². The van der Waals surface area contributed by atoms with Crippen LogP contribution in [0.3, 0.4) is 0 Å². The van der Waals surface area contributed by atoms with Gasteiger partial charge < -0.3 is 5.32 Å². The first-order chi connectivity index (χ1) is 12.7. The molecular weight excluding hydrogens is 374 g/mol. The van der Waals surface area contributed by atoms with E-state index >= 15 is 0 Å². The fourth-order valence-corrected chi connectivity index (χ4v) is 3.34. The summed E-state index contributed by atoms with van der Waals surface area (Å²) in [5, 5.41) is 14.0. The number of aromatic nitrogens is 2. The minimum atomic E-state index is -0.992. The van der Waals surface area contributed by atoms with Gasteiger partial charge in [-0.3, -0.25) is 14.9 Å². The third-order valence-electron chi connectivity index (χ3n) is 3.71. The molecule has 0 spiro atoms. The normalized spacial score (nSPS) is 12.3. The summed E-state index contributed by atoms with van der Waals surface area (Å²) in [7, 11) is 0. The van der Waals surface area contributed by atoms with Gasteiger partial charge in [-0.2, -0.15) is 0 Å². The van der Waals surface area contributed by atoms with Crippen molar-refractivity contribution in [3.63, 3.8) is 0 Å². The van der Waals surface area contributed by atoms with Gasteiger partial charge in [0.05, 0.1) is 0 Å². The standard InChI is InChI=1S/C18H22F2N4O2S/c1-9(2)8-13-23-24-18(27-13)22-17(26)15(10(3)4)21-16(25)14-11(19)6-5-7-12(14)20/h5-7,9-10,15H,8H2,1-4H3,(H,21,25)(H,22,24,26). The van der Waals surface area contributed by atoms with E-state index in [1.54, 1.807) is 13.8 Å². The van der Waals surface area contributed by atoms with Crippen LogP contribution >= 0.6 is 11.3 Å². The third kappa shape index (κ3) is 5.53. The van der Waals surface area contributed by atoms with Gasteiger partial charge >= 0.3 is 0 Å². The lowest BCUT2D eigenvalue weighted by atomic mass is 10.0. The molecule has 146 valence electrons. The van der Waals surface area contributed by atoms with E-state index in [0.29, 0.717) is 11.0 Å². The van der Waals surface area contributed by atoms with Crippen molar-refractivity contribution in [1.82, 2.24) is 15.5 Å². The predicted molar refractivity (Wildman–Crippen MR) is 99.5 cm³/mol. The number of carbonyl (C=O) groups excluding carboxylic acids is 2. The van der Waals surface area contributed by atoms with Crippen LogP contribution in [0.2, 0.25) is 0 Å². The average Bonchev–Trinajstić information content (AvgIpc) is 2.98. The van der Waals surface area contributed by atoms with E-state index < -0.39 is 35.1 Å². The van der Waals surface area contributed by atoms with Crippen LogP contribution in [0.15, 0.2) is 18.2 Å². The number of anilines is 1. The number of benzene rings is 1. The maximum absolute atomic E-state index is 13.8. The maximum Gasteiger partial charge on any atom is 0.257 e. The van der Waals surface area contributed by atoms with Crippen LogP contribution in [0.1, 0.15) is 43.1 Å². The summed E-state index contributed by atoms with van der Waals surface area (Å²) >= 11 is 1.25. The molecule has 0 bridgehead atoms. The molecule has 0 saturated heterocycles. The Morgan fingerprint density at radius 1 is 1.11 bits per heavy atom. The number of carbonyl (C=O) groups is 2. The summed E-state index contributed by atoms with van der Waals surface area (Å²) in [6, 6.07) is 2.15. The Morgan fingerprint density at radius 2 is 1.74 bits per heavy atom. The summed E-state index contributed by atoms with van der Waals surface area (Å²) in [6.45, 7) is 7.52. The Morgan fingerprint density at radius 3 is 2.30 bits per heavy atom. The van der Waals surface area contributed by atoms with Gasteiger partial charge in [-0.05, 0) is 24.0 Å². The van der Waals surface area contributed by atoms with Gasteiger partial charge in [-0.1, -0.05) is 45.1 Å².